The fourth-order valence-corrected chi connectivity index (χ4v) is 4.45. The van der Waals surface area contributed by atoms with E-state index in [0.29, 0.717) is 11.7 Å². The van der Waals surface area contributed by atoms with Gasteiger partial charge in [0.2, 0.25) is 0 Å². The lowest BCUT2D eigenvalue weighted by Crippen LogP contribution is -2.46. The quantitative estimate of drug-likeness (QED) is 0.922. The molecule has 3 heterocycles. The number of hydrogen-bond acceptors (Lipinski definition) is 3. The zero-order valence-corrected chi connectivity index (χ0v) is 15.1. The summed E-state index contributed by atoms with van der Waals surface area (Å²) in [5, 5.41) is 3.73. The molecule has 0 radical (unpaired) electrons. The van der Waals surface area contributed by atoms with Crippen molar-refractivity contribution in [3.8, 4) is 5.69 Å². The lowest BCUT2D eigenvalue weighted by molar-refractivity contribution is 0.162. The van der Waals surface area contributed by atoms with E-state index >= 15 is 0 Å². The molecule has 2 fully saturated rings. The maximum atomic E-state index is 14.6. The van der Waals surface area contributed by atoms with E-state index in [1.54, 1.807) is 23.0 Å². The van der Waals surface area contributed by atoms with Crippen molar-refractivity contribution in [1.82, 2.24) is 19.8 Å². The molecule has 0 bridgehead atoms. The first-order valence-electron chi connectivity index (χ1n) is 9.41. The van der Waals surface area contributed by atoms with Crippen LogP contribution in [0.15, 0.2) is 30.6 Å². The summed E-state index contributed by atoms with van der Waals surface area (Å²) in [4.78, 5) is 6.81. The Labute approximate surface area is 149 Å². The monoisotopic (exact) mass is 342 g/mol. The normalized spacial score (nSPS) is 25.1. The van der Waals surface area contributed by atoms with Crippen molar-refractivity contribution in [3.63, 3.8) is 0 Å². The van der Waals surface area contributed by atoms with E-state index in [2.05, 4.69) is 22.1 Å². The van der Waals surface area contributed by atoms with Crippen molar-refractivity contribution in [2.75, 3.05) is 13.1 Å². The Morgan fingerprint density at radius 2 is 2.16 bits per heavy atom. The van der Waals surface area contributed by atoms with Gasteiger partial charge in [-0.3, -0.25) is 0 Å². The highest BCUT2D eigenvalue weighted by atomic mass is 19.1. The van der Waals surface area contributed by atoms with Crippen molar-refractivity contribution in [3.05, 3.63) is 47.8 Å². The van der Waals surface area contributed by atoms with E-state index in [9.17, 15) is 4.39 Å². The molecule has 1 aromatic carbocycles. The molecule has 0 amide bonds. The van der Waals surface area contributed by atoms with Gasteiger partial charge in [-0.2, -0.15) is 0 Å². The molecular weight excluding hydrogens is 315 g/mol. The number of nitrogens with zero attached hydrogens (tertiary/aromatic N) is 3. The van der Waals surface area contributed by atoms with Gasteiger partial charge >= 0.3 is 0 Å². The molecule has 1 N–H and O–H groups in total. The molecule has 2 aliphatic heterocycles. The van der Waals surface area contributed by atoms with E-state index in [0.717, 1.165) is 17.4 Å². The predicted molar refractivity (Wildman–Crippen MR) is 97.4 cm³/mol. The van der Waals surface area contributed by atoms with E-state index in [1.165, 1.54) is 38.8 Å². The van der Waals surface area contributed by atoms with Crippen LogP contribution in [0.1, 0.15) is 50.0 Å². The van der Waals surface area contributed by atoms with Crippen molar-refractivity contribution in [2.45, 2.75) is 57.7 Å². The average molecular weight is 342 g/mol. The Morgan fingerprint density at radius 1 is 1.28 bits per heavy atom. The predicted octanol–water partition coefficient (Wildman–Crippen LogP) is 3.60. The summed E-state index contributed by atoms with van der Waals surface area (Å²) in [6.07, 6.45) is 8.58. The molecule has 0 saturated carbocycles. The standard InChI is InChI=1S/C20H27FN4/c1-14(23-17-7-10-24-9-3-4-18(24)13-17)16-5-6-20(19(21)12-16)25-11-8-22-15(25)2/h5-6,8,11-12,14,17-18,23H,3-4,7,9-10,13H2,1-2H3/t14-,17+,18-/m0/s1. The van der Waals surface area contributed by atoms with Gasteiger partial charge in [-0.1, -0.05) is 6.07 Å². The SMILES string of the molecule is Cc1nccn1-c1ccc([C@H](C)N[C@@H]2CCN3CCC[C@H]3C2)cc1F. The zero-order chi connectivity index (χ0) is 17.4. The molecule has 25 heavy (non-hydrogen) atoms. The second kappa shape index (κ2) is 6.89. The first-order valence-corrected chi connectivity index (χ1v) is 9.41. The van der Waals surface area contributed by atoms with Crippen molar-refractivity contribution in [1.29, 1.82) is 0 Å². The number of aromatic nitrogens is 2. The Kier molecular flexibility index (Phi) is 4.61. The number of hydrogen-bond donors (Lipinski definition) is 1. The fourth-order valence-electron chi connectivity index (χ4n) is 4.45. The van der Waals surface area contributed by atoms with Crippen LogP contribution in [0.3, 0.4) is 0 Å². The van der Waals surface area contributed by atoms with Gasteiger partial charge in [0.1, 0.15) is 11.6 Å². The molecule has 0 aliphatic carbocycles. The number of piperidine rings is 1. The van der Waals surface area contributed by atoms with Crippen LogP contribution >= 0.6 is 0 Å². The molecule has 0 spiro atoms. The number of halogens is 1. The molecule has 2 aromatic rings. The van der Waals surface area contributed by atoms with Crippen molar-refractivity contribution < 1.29 is 4.39 Å². The molecule has 134 valence electrons. The Balaban J connectivity index is 1.44. The highest BCUT2D eigenvalue weighted by Gasteiger charge is 2.32. The molecule has 2 aliphatic rings. The van der Waals surface area contributed by atoms with Gasteiger partial charge in [0.25, 0.3) is 0 Å². The second-order valence-electron chi connectivity index (χ2n) is 7.50. The third kappa shape index (κ3) is 3.35. The van der Waals surface area contributed by atoms with Crippen LogP contribution < -0.4 is 5.32 Å². The maximum absolute atomic E-state index is 14.6. The number of benzene rings is 1. The van der Waals surface area contributed by atoms with Gasteiger partial charge in [0.05, 0.1) is 5.69 Å². The smallest absolute Gasteiger partial charge is 0.147 e. The van der Waals surface area contributed by atoms with Gasteiger partial charge in [0.15, 0.2) is 0 Å². The summed E-state index contributed by atoms with van der Waals surface area (Å²) in [7, 11) is 0. The zero-order valence-electron chi connectivity index (χ0n) is 15.1. The first-order chi connectivity index (χ1) is 12.1. The molecule has 2 saturated heterocycles. The summed E-state index contributed by atoms with van der Waals surface area (Å²) in [5.74, 6) is 0.596. The molecular formula is C20H27FN4. The van der Waals surface area contributed by atoms with Crippen molar-refractivity contribution >= 4 is 0 Å². The molecule has 0 unspecified atom stereocenters. The summed E-state index contributed by atoms with van der Waals surface area (Å²) in [6.45, 7) is 6.49. The van der Waals surface area contributed by atoms with Gasteiger partial charge < -0.3 is 14.8 Å². The van der Waals surface area contributed by atoms with E-state index in [1.807, 2.05) is 19.1 Å². The van der Waals surface area contributed by atoms with Crippen LogP contribution in [-0.2, 0) is 0 Å². The third-order valence-corrected chi connectivity index (χ3v) is 5.86. The summed E-state index contributed by atoms with van der Waals surface area (Å²) in [6, 6.07) is 6.99. The van der Waals surface area contributed by atoms with E-state index < -0.39 is 0 Å². The Hall–Kier alpha value is -1.72. The van der Waals surface area contributed by atoms with E-state index in [4.69, 9.17) is 0 Å². The van der Waals surface area contributed by atoms with Gasteiger partial charge in [0, 0.05) is 30.5 Å². The van der Waals surface area contributed by atoms with Crippen LogP contribution in [0.5, 0.6) is 0 Å². The largest absolute Gasteiger partial charge is 0.307 e. The highest BCUT2D eigenvalue weighted by molar-refractivity contribution is 5.38. The number of nitrogens with one attached hydrogen (secondary N) is 1. The van der Waals surface area contributed by atoms with Crippen LogP contribution in [0.2, 0.25) is 0 Å². The Morgan fingerprint density at radius 3 is 2.92 bits per heavy atom. The minimum Gasteiger partial charge on any atom is -0.307 e. The topological polar surface area (TPSA) is 33.1 Å². The first kappa shape index (κ1) is 16.7. The van der Waals surface area contributed by atoms with Gasteiger partial charge in [-0.05, 0) is 70.3 Å². The van der Waals surface area contributed by atoms with Crippen molar-refractivity contribution in [2.24, 2.45) is 0 Å². The molecule has 1 aromatic heterocycles. The minimum absolute atomic E-state index is 0.158. The fraction of sp³-hybridized carbons (Fsp3) is 0.550. The minimum atomic E-state index is -0.196. The summed E-state index contributed by atoms with van der Waals surface area (Å²) < 4.78 is 16.4. The molecule has 5 heteroatoms. The number of rotatable bonds is 4. The average Bonchev–Trinajstić information content (AvgIpc) is 3.23. The molecule has 4 nitrogen and oxygen atoms in total. The summed E-state index contributed by atoms with van der Waals surface area (Å²) in [5.41, 5.74) is 1.57. The Bertz CT molecular complexity index is 741. The van der Waals surface area contributed by atoms with E-state index in [-0.39, 0.29) is 11.9 Å². The molecule has 4 rings (SSSR count). The van der Waals surface area contributed by atoms with Gasteiger partial charge in [-0.15, -0.1) is 0 Å². The summed E-state index contributed by atoms with van der Waals surface area (Å²) >= 11 is 0. The van der Waals surface area contributed by atoms with Gasteiger partial charge in [-0.25, -0.2) is 9.37 Å². The second-order valence-corrected chi connectivity index (χ2v) is 7.50. The highest BCUT2D eigenvalue weighted by Crippen LogP contribution is 2.28. The lowest BCUT2D eigenvalue weighted by atomic mass is 9.96. The third-order valence-electron chi connectivity index (χ3n) is 5.86. The van der Waals surface area contributed by atoms with Crippen LogP contribution in [0.25, 0.3) is 5.69 Å². The molecule has 3 atom stereocenters. The number of imidazole rings is 1. The number of aryl methyl sites for hydroxylation is 1. The van der Waals surface area contributed by atoms with Crippen LogP contribution in [-0.4, -0.2) is 39.6 Å². The lowest BCUT2D eigenvalue weighted by Gasteiger charge is -2.36. The number of fused-ring (bicyclic) bond motifs is 1. The van der Waals surface area contributed by atoms with Crippen LogP contribution in [0, 0.1) is 12.7 Å². The maximum Gasteiger partial charge on any atom is 0.147 e. The van der Waals surface area contributed by atoms with Crippen LogP contribution in [0.4, 0.5) is 4.39 Å².